The summed E-state index contributed by atoms with van der Waals surface area (Å²) in [5.41, 5.74) is 7.12. The molecule has 0 fully saturated rings. The number of fused-ring (bicyclic) bond motifs is 1. The fourth-order valence-corrected chi connectivity index (χ4v) is 5.29. The van der Waals surface area contributed by atoms with Gasteiger partial charge in [-0.2, -0.15) is 0 Å². The summed E-state index contributed by atoms with van der Waals surface area (Å²) in [6, 6.07) is 11.2. The van der Waals surface area contributed by atoms with Gasteiger partial charge in [-0.3, -0.25) is 0 Å². The summed E-state index contributed by atoms with van der Waals surface area (Å²) in [7, 11) is 0. The van der Waals surface area contributed by atoms with Crippen molar-refractivity contribution in [2.45, 2.75) is 59.8 Å². The van der Waals surface area contributed by atoms with E-state index in [4.69, 9.17) is 4.11 Å². The van der Waals surface area contributed by atoms with Crippen LogP contribution in [0.15, 0.2) is 48.7 Å². The SMILES string of the molecule is [2H]c1nc(-c2cc(C)c([2H])c(C)c2[2H])c2sc(-c3ccc(C(C)(C)C)cc3)c(C(C)C)c2n1. The van der Waals surface area contributed by atoms with Gasteiger partial charge < -0.3 is 0 Å². The predicted molar refractivity (Wildman–Crippen MR) is 131 cm³/mol. The minimum absolute atomic E-state index is 0.0449. The van der Waals surface area contributed by atoms with Crippen LogP contribution in [-0.4, -0.2) is 9.97 Å². The normalized spacial score (nSPS) is 13.5. The lowest BCUT2D eigenvalue weighted by molar-refractivity contribution is 0.590. The Hall–Kier alpha value is -2.52. The third-order valence-electron chi connectivity index (χ3n) is 5.37. The zero-order chi connectivity index (χ0) is 24.2. The lowest BCUT2D eigenvalue weighted by atomic mass is 9.86. The number of hydrogen-bond donors (Lipinski definition) is 0. The van der Waals surface area contributed by atoms with Gasteiger partial charge in [0.2, 0.25) is 0 Å². The van der Waals surface area contributed by atoms with E-state index in [2.05, 4.69) is 68.9 Å². The van der Waals surface area contributed by atoms with Gasteiger partial charge in [-0.1, -0.05) is 76.1 Å². The summed E-state index contributed by atoms with van der Waals surface area (Å²) in [5.74, 6) is 0.216. The van der Waals surface area contributed by atoms with Crippen LogP contribution in [0, 0.1) is 13.8 Å². The molecule has 0 saturated heterocycles. The fourth-order valence-electron chi connectivity index (χ4n) is 3.88. The molecule has 154 valence electrons. The van der Waals surface area contributed by atoms with Gasteiger partial charge in [-0.05, 0) is 54.0 Å². The predicted octanol–water partition coefficient (Wildman–Crippen LogP) is 8.06. The van der Waals surface area contributed by atoms with E-state index in [-0.39, 0.29) is 17.6 Å². The number of thiophene rings is 1. The van der Waals surface area contributed by atoms with Gasteiger partial charge in [-0.25, -0.2) is 9.97 Å². The van der Waals surface area contributed by atoms with Gasteiger partial charge in [0, 0.05) is 10.4 Å². The van der Waals surface area contributed by atoms with Crippen molar-refractivity contribution in [2.24, 2.45) is 0 Å². The molecule has 3 heteroatoms. The Bertz CT molecular complexity index is 1360. The lowest BCUT2D eigenvalue weighted by Gasteiger charge is -2.19. The molecule has 2 nitrogen and oxygen atoms in total. The third kappa shape index (κ3) is 3.79. The molecule has 0 saturated carbocycles. The highest BCUT2D eigenvalue weighted by molar-refractivity contribution is 7.23. The van der Waals surface area contributed by atoms with Crippen LogP contribution in [0.5, 0.6) is 0 Å². The standard InChI is InChI=1S/C27H30N2S/c1-16(2)22-24-26(23(28-15-29-24)20-13-17(3)12-18(4)14-20)30-25(22)19-8-10-21(11-9-19)27(5,6)7/h8-16H,1-7H3/i12D,13D,15D. The monoisotopic (exact) mass is 417 g/mol. The second-order valence-corrected chi connectivity index (χ2v) is 10.3. The average Bonchev–Trinajstić information content (AvgIpc) is 3.13. The molecule has 0 spiro atoms. The van der Waals surface area contributed by atoms with Crippen LogP contribution in [0.4, 0.5) is 0 Å². The van der Waals surface area contributed by atoms with Gasteiger partial charge in [0.1, 0.15) is 7.67 Å². The lowest BCUT2D eigenvalue weighted by Crippen LogP contribution is -2.10. The summed E-state index contributed by atoms with van der Waals surface area (Å²) < 4.78 is 26.1. The average molecular weight is 418 g/mol. The highest BCUT2D eigenvalue weighted by atomic mass is 32.1. The van der Waals surface area contributed by atoms with E-state index >= 15 is 0 Å². The van der Waals surface area contributed by atoms with Crippen LogP contribution in [0.1, 0.15) is 66.9 Å². The largest absolute Gasteiger partial charge is 0.235 e. The number of aryl methyl sites for hydroxylation is 1. The fraction of sp³-hybridized carbons (Fsp3) is 0.333. The summed E-state index contributed by atoms with van der Waals surface area (Å²) in [6.45, 7) is 14.6. The third-order valence-corrected chi connectivity index (χ3v) is 6.62. The van der Waals surface area contributed by atoms with Gasteiger partial charge in [0.15, 0.2) is 0 Å². The highest BCUT2D eigenvalue weighted by Crippen LogP contribution is 2.44. The van der Waals surface area contributed by atoms with Crippen molar-refractivity contribution in [3.05, 3.63) is 71.0 Å². The summed E-state index contributed by atoms with van der Waals surface area (Å²) >= 11 is 1.63. The first kappa shape index (κ1) is 17.2. The maximum Gasteiger partial charge on any atom is 0.116 e. The minimum Gasteiger partial charge on any atom is -0.235 e. The molecule has 0 unspecified atom stereocenters. The van der Waals surface area contributed by atoms with Gasteiger partial charge in [-0.15, -0.1) is 11.3 Å². The van der Waals surface area contributed by atoms with Gasteiger partial charge >= 0.3 is 0 Å². The van der Waals surface area contributed by atoms with E-state index in [0.717, 1.165) is 31.8 Å². The van der Waals surface area contributed by atoms with Crippen LogP contribution in [0.2, 0.25) is 0 Å². The van der Waals surface area contributed by atoms with E-state index < -0.39 is 0 Å². The first-order chi connectivity index (χ1) is 15.4. The molecule has 0 bridgehead atoms. The molecule has 30 heavy (non-hydrogen) atoms. The molecule has 0 N–H and O–H groups in total. The number of benzene rings is 2. The highest BCUT2D eigenvalue weighted by Gasteiger charge is 2.22. The Morgan fingerprint density at radius 2 is 1.63 bits per heavy atom. The molecule has 2 aromatic heterocycles. The van der Waals surface area contributed by atoms with Crippen molar-refractivity contribution < 1.29 is 4.11 Å². The molecule has 0 radical (unpaired) electrons. The second-order valence-electron chi connectivity index (χ2n) is 9.29. The number of aromatic nitrogens is 2. The molecule has 0 aliphatic carbocycles. The molecular formula is C27H30N2S. The maximum absolute atomic E-state index is 8.67. The first-order valence-electron chi connectivity index (χ1n) is 11.9. The second kappa shape index (κ2) is 7.63. The van der Waals surface area contributed by atoms with Crippen LogP contribution in [0.3, 0.4) is 0 Å². The Kier molecular flexibility index (Phi) is 4.37. The Balaban J connectivity index is 2.02. The van der Waals surface area contributed by atoms with Crippen LogP contribution in [0.25, 0.3) is 31.9 Å². The quantitative estimate of drug-likeness (QED) is 0.337. The molecule has 0 atom stereocenters. The maximum atomic E-state index is 8.67. The molecule has 2 heterocycles. The Morgan fingerprint density at radius 1 is 0.933 bits per heavy atom. The zero-order valence-corrected chi connectivity index (χ0v) is 19.6. The Labute approximate surface area is 188 Å². The smallest absolute Gasteiger partial charge is 0.116 e. The first-order valence-corrected chi connectivity index (χ1v) is 11.2. The zero-order valence-electron chi connectivity index (χ0n) is 21.8. The number of nitrogens with zero attached hydrogens (tertiary/aromatic N) is 2. The number of hydrogen-bond acceptors (Lipinski definition) is 3. The van der Waals surface area contributed by atoms with Gasteiger partial charge in [0.25, 0.3) is 0 Å². The molecule has 4 aromatic rings. The summed E-state index contributed by atoms with van der Waals surface area (Å²) in [4.78, 5) is 10.2. The van der Waals surface area contributed by atoms with Crippen molar-refractivity contribution in [1.29, 1.82) is 0 Å². The van der Waals surface area contributed by atoms with Crippen molar-refractivity contribution in [3.8, 4) is 21.7 Å². The van der Waals surface area contributed by atoms with E-state index in [1.54, 1.807) is 18.3 Å². The summed E-state index contributed by atoms with van der Waals surface area (Å²) in [5, 5.41) is 0. The minimum atomic E-state index is -0.0449. The molecule has 2 aromatic carbocycles. The molecular weight excluding hydrogens is 384 g/mol. The Morgan fingerprint density at radius 3 is 2.27 bits per heavy atom. The van der Waals surface area contributed by atoms with Crippen LogP contribution >= 0.6 is 11.3 Å². The van der Waals surface area contributed by atoms with E-state index in [1.165, 1.54) is 5.56 Å². The topological polar surface area (TPSA) is 25.8 Å². The van der Waals surface area contributed by atoms with Crippen molar-refractivity contribution >= 4 is 21.6 Å². The number of rotatable bonds is 3. The molecule has 0 amide bonds. The molecule has 0 aliphatic heterocycles. The summed E-state index contributed by atoms with van der Waals surface area (Å²) in [6.07, 6.45) is -0.0449. The van der Waals surface area contributed by atoms with E-state index in [9.17, 15) is 0 Å². The molecule has 0 aliphatic rings. The van der Waals surface area contributed by atoms with Crippen molar-refractivity contribution in [3.63, 3.8) is 0 Å². The van der Waals surface area contributed by atoms with Crippen molar-refractivity contribution in [1.82, 2.24) is 9.97 Å². The molecule has 4 rings (SSSR count). The van der Waals surface area contributed by atoms with E-state index in [0.29, 0.717) is 28.9 Å². The van der Waals surface area contributed by atoms with Crippen LogP contribution in [-0.2, 0) is 5.41 Å². The van der Waals surface area contributed by atoms with E-state index in [1.807, 2.05) is 13.0 Å². The van der Waals surface area contributed by atoms with Crippen molar-refractivity contribution in [2.75, 3.05) is 0 Å². The van der Waals surface area contributed by atoms with Gasteiger partial charge in [0.05, 0.1) is 18.7 Å². The van der Waals surface area contributed by atoms with Crippen LogP contribution < -0.4 is 0 Å².